The van der Waals surface area contributed by atoms with Crippen LogP contribution in [-0.2, 0) is 4.74 Å². The molecule has 0 atom stereocenters. The zero-order chi connectivity index (χ0) is 27.2. The number of unbranched alkanes of at least 4 members (excludes halogenated alkanes) is 3. The zero-order valence-corrected chi connectivity index (χ0v) is 26.1. The minimum absolute atomic E-state index is 0.0381. The van der Waals surface area contributed by atoms with Crippen LogP contribution in [0.3, 0.4) is 0 Å². The monoisotopic (exact) mass is 620 g/mol. The Balaban J connectivity index is 3.28. The van der Waals surface area contributed by atoms with Crippen molar-refractivity contribution in [3.63, 3.8) is 0 Å². The third-order valence-corrected chi connectivity index (χ3v) is 21.4. The van der Waals surface area contributed by atoms with Crippen molar-refractivity contribution in [3.05, 3.63) is 35.9 Å². The number of alkyl halides is 3. The van der Waals surface area contributed by atoms with Gasteiger partial charge in [0, 0.05) is 0 Å². The molecule has 0 bridgehead atoms. The van der Waals surface area contributed by atoms with E-state index in [2.05, 4.69) is 25.8 Å². The molecule has 0 unspecified atom stereocenters. The second-order valence-corrected chi connectivity index (χ2v) is 24.6. The zero-order valence-electron chi connectivity index (χ0n) is 23.2. The van der Waals surface area contributed by atoms with Crippen molar-refractivity contribution in [2.75, 3.05) is 17.7 Å². The predicted molar refractivity (Wildman–Crippen MR) is 147 cm³/mol. The van der Waals surface area contributed by atoms with Gasteiger partial charge in [0.25, 0.3) is 0 Å². The molecule has 0 radical (unpaired) electrons. The van der Waals surface area contributed by atoms with Crippen LogP contribution in [-0.4, -0.2) is 64.5 Å². The fraction of sp³-hybridized carbons (Fsp3) is 0.714. The Morgan fingerprint density at radius 1 is 0.917 bits per heavy atom. The van der Waals surface area contributed by atoms with Gasteiger partial charge in [-0.1, -0.05) is 0 Å². The van der Waals surface area contributed by atoms with Gasteiger partial charge < -0.3 is 0 Å². The number of hydrogen-bond acceptors (Lipinski definition) is 3. The number of ether oxygens (including phenoxy) is 1. The summed E-state index contributed by atoms with van der Waals surface area (Å²) in [5.41, 5.74) is -1.53. The van der Waals surface area contributed by atoms with Gasteiger partial charge in [-0.05, 0) is 0 Å². The van der Waals surface area contributed by atoms with Gasteiger partial charge in [-0.15, -0.1) is 0 Å². The molecule has 0 aliphatic heterocycles. The van der Waals surface area contributed by atoms with Crippen LogP contribution >= 0.6 is 0 Å². The number of benzene rings is 1. The van der Waals surface area contributed by atoms with Gasteiger partial charge in [0.1, 0.15) is 0 Å². The molecule has 0 aromatic heterocycles. The molecule has 0 heterocycles. The van der Waals surface area contributed by atoms with E-state index in [1.807, 2.05) is 20.8 Å². The Kier molecular flexibility index (Phi) is 14.5. The van der Waals surface area contributed by atoms with Crippen LogP contribution in [0.2, 0.25) is 13.3 Å². The van der Waals surface area contributed by atoms with Gasteiger partial charge in [-0.2, -0.15) is 0 Å². The van der Waals surface area contributed by atoms with E-state index >= 15 is 0 Å². The average Bonchev–Trinajstić information content (AvgIpc) is 2.80. The fourth-order valence-corrected chi connectivity index (χ4v) is 20.5. The molecule has 0 aliphatic rings. The van der Waals surface area contributed by atoms with Crippen LogP contribution in [0.5, 0.6) is 0 Å². The average molecular weight is 619 g/mol. The number of aliphatic imine (C=N–C) groups is 1. The number of hydrogen-bond donors (Lipinski definition) is 0. The van der Waals surface area contributed by atoms with E-state index in [9.17, 15) is 18.0 Å². The Morgan fingerprint density at radius 2 is 1.42 bits per heavy atom. The van der Waals surface area contributed by atoms with Crippen molar-refractivity contribution in [1.29, 1.82) is 0 Å². The summed E-state index contributed by atoms with van der Waals surface area (Å²) in [4.78, 5) is 18.9. The predicted octanol–water partition coefficient (Wildman–Crippen LogP) is 8.66. The first-order chi connectivity index (χ1) is 16.9. The Morgan fingerprint density at radius 3 is 1.83 bits per heavy atom. The van der Waals surface area contributed by atoms with Crippen LogP contribution in [0, 0.1) is 0 Å². The third kappa shape index (κ3) is 12.3. The number of halogens is 3. The van der Waals surface area contributed by atoms with Crippen molar-refractivity contribution < 1.29 is 22.7 Å². The first-order valence-corrected chi connectivity index (χ1v) is 21.6. The number of carbonyl (C=O) groups is 1. The van der Waals surface area contributed by atoms with Crippen molar-refractivity contribution in [2.24, 2.45) is 4.99 Å². The first kappa shape index (κ1) is 32.8. The Bertz CT molecular complexity index is 770. The maximum atomic E-state index is 13.8. The van der Waals surface area contributed by atoms with Gasteiger partial charge in [0.05, 0.1) is 0 Å². The molecule has 1 amide bonds. The molecular formula is C28H47F3N2O2Sn. The summed E-state index contributed by atoms with van der Waals surface area (Å²) in [6.07, 6.45) is 1.78. The first-order valence-electron chi connectivity index (χ1n) is 13.5. The quantitative estimate of drug-likeness (QED) is 0.146. The SMILES string of the molecule is CCC[CH2][Sn]([CH2]CCC)([CH2]CCC)[CH2]N(CCN=C(c1ccccc1)C(F)(F)F)C(=O)OC(C)(C)C. The molecule has 1 aromatic rings. The van der Waals surface area contributed by atoms with E-state index in [0.29, 0.717) is 4.56 Å². The summed E-state index contributed by atoms with van der Waals surface area (Å²) in [6.45, 7) is 12.1. The third-order valence-electron chi connectivity index (χ3n) is 6.32. The summed E-state index contributed by atoms with van der Waals surface area (Å²) >= 11 is -2.81. The minimum atomic E-state index is -4.57. The second kappa shape index (κ2) is 15.9. The van der Waals surface area contributed by atoms with Gasteiger partial charge >= 0.3 is 221 Å². The van der Waals surface area contributed by atoms with E-state index in [-0.39, 0.29) is 18.7 Å². The summed E-state index contributed by atoms with van der Waals surface area (Å²) in [5.74, 6) is 0. The van der Waals surface area contributed by atoms with Crippen molar-refractivity contribution in [2.45, 2.75) is 105 Å². The summed E-state index contributed by atoms with van der Waals surface area (Å²) < 4.78 is 51.3. The van der Waals surface area contributed by atoms with Gasteiger partial charge in [-0.3, -0.25) is 0 Å². The standard InChI is InChI=1S/C16H20F3N2O2.3C4H9.Sn/c1-15(2,3)23-14(22)21(4)11-10-20-13(16(17,18)19)12-8-6-5-7-9-12;3*1-3-4-2;/h5-9H,4,10-11H2,1-3H3;3*1,3-4H2,2H3;. The molecule has 0 spiro atoms. The van der Waals surface area contributed by atoms with Gasteiger partial charge in [0.2, 0.25) is 0 Å². The molecule has 0 saturated carbocycles. The molecule has 0 saturated heterocycles. The van der Waals surface area contributed by atoms with E-state index in [1.165, 1.54) is 25.4 Å². The van der Waals surface area contributed by atoms with Gasteiger partial charge in [-0.25, -0.2) is 0 Å². The van der Waals surface area contributed by atoms with Crippen molar-refractivity contribution >= 4 is 30.2 Å². The number of carbonyl (C=O) groups excluding carboxylic acids is 1. The second-order valence-electron chi connectivity index (χ2n) is 10.8. The van der Waals surface area contributed by atoms with Crippen LogP contribution in [0.4, 0.5) is 18.0 Å². The molecule has 0 fully saturated rings. The van der Waals surface area contributed by atoms with E-state index in [0.717, 1.165) is 38.5 Å². The molecule has 206 valence electrons. The van der Waals surface area contributed by atoms with Crippen LogP contribution < -0.4 is 0 Å². The van der Waals surface area contributed by atoms with Crippen molar-refractivity contribution in [3.8, 4) is 0 Å². The normalized spacial score (nSPS) is 13.1. The summed E-state index contributed by atoms with van der Waals surface area (Å²) in [5, 5.41) is 0. The van der Waals surface area contributed by atoms with Crippen molar-refractivity contribution in [1.82, 2.24) is 4.90 Å². The molecule has 8 heteroatoms. The van der Waals surface area contributed by atoms with E-state index in [1.54, 1.807) is 23.1 Å². The molecule has 0 N–H and O–H groups in total. The van der Waals surface area contributed by atoms with Crippen LogP contribution in [0.25, 0.3) is 0 Å². The topological polar surface area (TPSA) is 41.9 Å². The molecule has 4 nitrogen and oxygen atoms in total. The number of nitrogens with zero attached hydrogens (tertiary/aromatic N) is 2. The molecule has 1 aromatic carbocycles. The van der Waals surface area contributed by atoms with Gasteiger partial charge in [0.15, 0.2) is 0 Å². The summed E-state index contributed by atoms with van der Waals surface area (Å²) in [6, 6.07) is 7.65. The van der Waals surface area contributed by atoms with E-state index in [4.69, 9.17) is 4.74 Å². The molecule has 0 aliphatic carbocycles. The van der Waals surface area contributed by atoms with E-state index < -0.39 is 42.0 Å². The molecule has 1 rings (SSSR count). The number of rotatable bonds is 15. The number of amides is 1. The fourth-order valence-electron chi connectivity index (χ4n) is 4.46. The maximum absolute atomic E-state index is 13.8. The molecule has 36 heavy (non-hydrogen) atoms. The Labute approximate surface area is 221 Å². The molecular weight excluding hydrogens is 572 g/mol. The summed E-state index contributed by atoms with van der Waals surface area (Å²) in [7, 11) is 0. The van der Waals surface area contributed by atoms with Crippen LogP contribution in [0.1, 0.15) is 85.6 Å². The Hall–Kier alpha value is -1.25. The van der Waals surface area contributed by atoms with Crippen LogP contribution in [0.15, 0.2) is 35.3 Å².